The monoisotopic (exact) mass is 822 g/mol. The van der Waals surface area contributed by atoms with E-state index in [2.05, 4.69) is 13.8 Å². The van der Waals surface area contributed by atoms with Crippen molar-refractivity contribution in [2.24, 2.45) is 0 Å². The molecule has 0 spiro atoms. The number of unbranched alkanes of at least 4 members (excludes halogenated alkanes) is 12. The smallest absolute Gasteiger partial charge is 0.872 e. The number of phenols is 1. The summed E-state index contributed by atoms with van der Waals surface area (Å²) in [6.07, 6.45) is 18.1. The molecule has 296 valence electrons. The first-order chi connectivity index (χ1) is 25.8. The van der Waals surface area contributed by atoms with Crippen LogP contribution in [0.15, 0.2) is 94.7 Å². The van der Waals surface area contributed by atoms with Gasteiger partial charge in [-0.25, -0.2) is 8.42 Å². The topological polar surface area (TPSA) is 173 Å². The third kappa shape index (κ3) is 17.9. The molecule has 0 saturated carbocycles. The average molecular weight is 823 g/mol. The molecule has 0 aliphatic carbocycles. The summed E-state index contributed by atoms with van der Waals surface area (Å²) in [5.74, 6) is 0.500. The number of ether oxygens (including phenoxy) is 2. The number of hydrogen-bond donors (Lipinski definition) is 2. The summed E-state index contributed by atoms with van der Waals surface area (Å²) >= 11 is 0. The summed E-state index contributed by atoms with van der Waals surface area (Å²) in [5.41, 5.74) is 1.73. The van der Waals surface area contributed by atoms with Gasteiger partial charge in [0.2, 0.25) is 0 Å². The third-order valence-corrected chi connectivity index (χ3v) is 10.6. The number of benzene rings is 4. The number of phenolic OH excluding ortho intramolecular Hbond substituents is 1. The molecule has 4 aromatic carbocycles. The minimum Gasteiger partial charge on any atom is -0.872 e. The Morgan fingerprint density at radius 3 is 1.45 bits per heavy atom. The summed E-state index contributed by atoms with van der Waals surface area (Å²) in [6, 6.07) is 20.9. The number of aromatic hydroxyl groups is 1. The van der Waals surface area contributed by atoms with Gasteiger partial charge in [0.1, 0.15) is 43.8 Å². The molecule has 0 atom stereocenters. The summed E-state index contributed by atoms with van der Waals surface area (Å²) < 4.78 is 78.1. The molecule has 2 N–H and O–H groups in total. The molecule has 0 bridgehead atoms. The average Bonchev–Trinajstić information content (AvgIpc) is 3.12. The number of hydrogen-bond acceptors (Lipinski definition) is 9. The first-order valence-corrected chi connectivity index (χ1v) is 21.8. The van der Waals surface area contributed by atoms with E-state index in [9.17, 15) is 36.2 Å². The van der Waals surface area contributed by atoms with E-state index in [-0.39, 0.29) is 65.6 Å². The van der Waals surface area contributed by atoms with E-state index in [1.165, 1.54) is 119 Å². The Kier molecular flexibility index (Phi) is 22.3. The van der Waals surface area contributed by atoms with Crippen molar-refractivity contribution in [3.8, 4) is 34.5 Å². The van der Waals surface area contributed by atoms with Crippen LogP contribution in [0.4, 0.5) is 0 Å². The van der Waals surface area contributed by atoms with Gasteiger partial charge < -0.3 is 24.2 Å². The van der Waals surface area contributed by atoms with Crippen LogP contribution >= 0.6 is 0 Å². The predicted octanol–water partition coefficient (Wildman–Crippen LogP) is 10.1. The molecule has 10 nitrogen and oxygen atoms in total. The van der Waals surface area contributed by atoms with Crippen LogP contribution in [-0.4, -0.2) is 68.8 Å². The summed E-state index contributed by atoms with van der Waals surface area (Å²) in [7, 11) is -9.06. The van der Waals surface area contributed by atoms with E-state index < -0.39 is 25.1 Å². The summed E-state index contributed by atoms with van der Waals surface area (Å²) in [4.78, 5) is -0.724. The molecule has 0 aliphatic heterocycles. The molecule has 0 heterocycles. The van der Waals surface area contributed by atoms with E-state index in [0.29, 0.717) is 11.5 Å². The second-order valence-corrected chi connectivity index (χ2v) is 16.1. The van der Waals surface area contributed by atoms with Crippen LogP contribution in [0, 0.1) is 0 Å². The Labute approximate surface area is 357 Å². The van der Waals surface area contributed by atoms with Crippen LogP contribution in [0.5, 0.6) is 34.5 Å². The quantitative estimate of drug-likeness (QED) is 0.0441. The second-order valence-electron chi connectivity index (χ2n) is 13.3. The van der Waals surface area contributed by atoms with Crippen molar-refractivity contribution in [1.82, 2.24) is 0 Å². The number of aryl methyl sites for hydroxylation is 2. The molecule has 0 fully saturated rings. The van der Waals surface area contributed by atoms with Crippen LogP contribution < -0.4 is 14.6 Å². The Hall–Kier alpha value is -2.84. The van der Waals surface area contributed by atoms with E-state index in [0.717, 1.165) is 49.7 Å². The van der Waals surface area contributed by atoms with Crippen molar-refractivity contribution < 1.29 is 45.6 Å². The fourth-order valence-electron chi connectivity index (χ4n) is 5.95. The number of para-hydroxylation sites is 2. The van der Waals surface area contributed by atoms with Crippen molar-refractivity contribution >= 4 is 58.0 Å². The van der Waals surface area contributed by atoms with Crippen molar-refractivity contribution in [3.63, 3.8) is 0 Å². The molecule has 55 heavy (non-hydrogen) atoms. The molecule has 0 aromatic heterocycles. The molecular weight excluding hydrogens is 769 g/mol. The molecule has 0 aliphatic rings. The SMILES string of the molecule is CCCCCCCCCc1ccc(O)cc1Oc1ccccc1S(=O)(=O)O.CCCCCCCCCc1ccc([O-])cc1Oc1ccccc1S(=O)(=O)[O-].[Ca+2]. The number of rotatable bonds is 22. The first-order valence-electron chi connectivity index (χ1n) is 18.9. The molecule has 0 unspecified atom stereocenters. The van der Waals surface area contributed by atoms with Gasteiger partial charge in [0.25, 0.3) is 10.1 Å². The fraction of sp³-hybridized carbons (Fsp3) is 0.429. The van der Waals surface area contributed by atoms with Crippen LogP contribution in [0.2, 0.25) is 0 Å². The summed E-state index contributed by atoms with van der Waals surface area (Å²) in [5, 5.41) is 21.5. The van der Waals surface area contributed by atoms with Gasteiger partial charge in [-0.15, -0.1) is 5.75 Å². The normalized spacial score (nSPS) is 11.3. The van der Waals surface area contributed by atoms with Gasteiger partial charge in [0.15, 0.2) is 0 Å². The third-order valence-electron chi connectivity index (χ3n) is 8.87. The van der Waals surface area contributed by atoms with Gasteiger partial charge in [-0.3, -0.25) is 4.55 Å². The maximum absolute atomic E-state index is 11.7. The van der Waals surface area contributed by atoms with Gasteiger partial charge >= 0.3 is 37.7 Å². The Morgan fingerprint density at radius 1 is 0.545 bits per heavy atom. The molecule has 4 rings (SSSR count). The zero-order chi connectivity index (χ0) is 39.4. The molecule has 0 radical (unpaired) electrons. The zero-order valence-corrected chi connectivity index (χ0v) is 35.9. The zero-order valence-electron chi connectivity index (χ0n) is 32.1. The van der Waals surface area contributed by atoms with Gasteiger partial charge in [0, 0.05) is 6.07 Å². The van der Waals surface area contributed by atoms with Crippen molar-refractivity contribution in [2.45, 2.75) is 126 Å². The Morgan fingerprint density at radius 2 is 0.964 bits per heavy atom. The van der Waals surface area contributed by atoms with Crippen LogP contribution in [-0.2, 0) is 33.1 Å². The van der Waals surface area contributed by atoms with Crippen LogP contribution in [0.25, 0.3) is 0 Å². The van der Waals surface area contributed by atoms with E-state index in [4.69, 9.17) is 9.47 Å². The first kappa shape index (κ1) is 48.3. The van der Waals surface area contributed by atoms with E-state index in [1.54, 1.807) is 30.3 Å². The molecule has 13 heteroatoms. The van der Waals surface area contributed by atoms with Gasteiger partial charge in [0.05, 0.1) is 4.90 Å². The summed E-state index contributed by atoms with van der Waals surface area (Å²) in [6.45, 7) is 4.39. The van der Waals surface area contributed by atoms with Crippen molar-refractivity contribution in [3.05, 3.63) is 96.1 Å². The standard InChI is InChI=1S/2C21H28O5S.Ca/c2*1-2-3-4-5-6-7-8-11-17-14-15-18(22)16-20(17)26-19-12-9-10-13-21(19)27(23,24)25;/h2*9-10,12-16,22H,2-8,11H2,1H3,(H,23,24,25);/q;;+2/p-2. The van der Waals surface area contributed by atoms with Crippen LogP contribution in [0.3, 0.4) is 0 Å². The predicted molar refractivity (Wildman–Crippen MR) is 214 cm³/mol. The van der Waals surface area contributed by atoms with Crippen LogP contribution in [0.1, 0.15) is 115 Å². The largest absolute Gasteiger partial charge is 2.00 e. The van der Waals surface area contributed by atoms with Gasteiger partial charge in [-0.1, -0.05) is 133 Å². The van der Waals surface area contributed by atoms with Gasteiger partial charge in [-0.05, 0) is 73.2 Å². The minimum atomic E-state index is -4.66. The molecule has 4 aromatic rings. The maximum atomic E-state index is 11.7. The molecular formula is C42H54CaO10S2. The Balaban J connectivity index is 0.000000373. The van der Waals surface area contributed by atoms with E-state index in [1.807, 2.05) is 0 Å². The fourth-order valence-corrected chi connectivity index (χ4v) is 7.17. The Bertz CT molecular complexity index is 1810. The van der Waals surface area contributed by atoms with Crippen molar-refractivity contribution in [2.75, 3.05) is 0 Å². The molecule has 0 saturated heterocycles. The van der Waals surface area contributed by atoms with Gasteiger partial charge in [-0.2, -0.15) is 8.42 Å². The van der Waals surface area contributed by atoms with E-state index >= 15 is 0 Å². The second kappa shape index (κ2) is 25.4. The molecule has 0 amide bonds. The maximum Gasteiger partial charge on any atom is 2.00 e. The minimum absolute atomic E-state index is 0. The van der Waals surface area contributed by atoms with Crippen molar-refractivity contribution in [1.29, 1.82) is 0 Å².